The SMILES string of the molecule is COc1ccc(Br)cc1/C=N/N1C(=O)c2ccccc2C1=O. The van der Waals surface area contributed by atoms with Gasteiger partial charge in [-0.25, -0.2) is 0 Å². The molecule has 0 spiro atoms. The fraction of sp³-hybridized carbons (Fsp3) is 0.0625. The minimum absolute atomic E-state index is 0.367. The molecule has 2 aromatic rings. The monoisotopic (exact) mass is 358 g/mol. The van der Waals surface area contributed by atoms with Crippen LogP contribution in [0.1, 0.15) is 26.3 Å². The molecular weight excluding hydrogens is 348 g/mol. The van der Waals surface area contributed by atoms with E-state index in [9.17, 15) is 9.59 Å². The molecule has 1 aliphatic heterocycles. The van der Waals surface area contributed by atoms with E-state index in [0.717, 1.165) is 9.48 Å². The second-order valence-corrected chi connectivity index (χ2v) is 5.51. The Morgan fingerprint density at radius 1 is 1.09 bits per heavy atom. The van der Waals surface area contributed by atoms with E-state index < -0.39 is 11.8 Å². The molecule has 2 aromatic carbocycles. The van der Waals surface area contributed by atoms with E-state index >= 15 is 0 Å². The molecule has 6 heteroatoms. The number of methoxy groups -OCH3 is 1. The molecule has 0 unspecified atom stereocenters. The minimum Gasteiger partial charge on any atom is -0.496 e. The second kappa shape index (κ2) is 5.73. The van der Waals surface area contributed by atoms with Crippen LogP contribution in [0, 0.1) is 0 Å². The lowest BCUT2D eigenvalue weighted by Crippen LogP contribution is -2.24. The summed E-state index contributed by atoms with van der Waals surface area (Å²) in [5, 5.41) is 4.89. The Bertz CT molecular complexity index is 767. The van der Waals surface area contributed by atoms with Gasteiger partial charge in [-0.3, -0.25) is 9.59 Å². The smallest absolute Gasteiger partial charge is 0.282 e. The van der Waals surface area contributed by atoms with Crippen LogP contribution in [-0.2, 0) is 0 Å². The van der Waals surface area contributed by atoms with E-state index in [4.69, 9.17) is 4.74 Å². The average molecular weight is 359 g/mol. The first-order chi connectivity index (χ1) is 10.6. The lowest BCUT2D eigenvalue weighted by Gasteiger charge is -2.08. The molecule has 3 rings (SSSR count). The van der Waals surface area contributed by atoms with Crippen LogP contribution in [0.15, 0.2) is 52.0 Å². The predicted molar refractivity (Wildman–Crippen MR) is 85.2 cm³/mol. The largest absolute Gasteiger partial charge is 0.496 e. The molecule has 2 amide bonds. The quantitative estimate of drug-likeness (QED) is 0.625. The Morgan fingerprint density at radius 2 is 1.73 bits per heavy atom. The van der Waals surface area contributed by atoms with Gasteiger partial charge in [0.1, 0.15) is 5.75 Å². The van der Waals surface area contributed by atoms with Gasteiger partial charge in [-0.15, -0.1) is 0 Å². The van der Waals surface area contributed by atoms with Crippen molar-refractivity contribution in [1.29, 1.82) is 0 Å². The number of hydrogen-bond acceptors (Lipinski definition) is 4. The number of carbonyl (C=O) groups is 2. The third-order valence-corrected chi connectivity index (χ3v) is 3.77. The summed E-state index contributed by atoms with van der Waals surface area (Å²) in [5.74, 6) is -0.250. The van der Waals surface area contributed by atoms with E-state index in [1.54, 1.807) is 43.5 Å². The number of amides is 2. The Morgan fingerprint density at radius 3 is 2.32 bits per heavy atom. The molecule has 0 saturated heterocycles. The van der Waals surface area contributed by atoms with Crippen LogP contribution < -0.4 is 4.74 Å². The van der Waals surface area contributed by atoms with Gasteiger partial charge in [-0.05, 0) is 30.3 Å². The van der Waals surface area contributed by atoms with E-state index in [2.05, 4.69) is 21.0 Å². The van der Waals surface area contributed by atoms with Crippen molar-refractivity contribution in [2.75, 3.05) is 7.11 Å². The summed E-state index contributed by atoms with van der Waals surface area (Å²) in [6.07, 6.45) is 1.44. The van der Waals surface area contributed by atoms with Gasteiger partial charge >= 0.3 is 0 Å². The maximum atomic E-state index is 12.2. The summed E-state index contributed by atoms with van der Waals surface area (Å²) < 4.78 is 6.08. The van der Waals surface area contributed by atoms with Crippen molar-refractivity contribution in [3.8, 4) is 5.75 Å². The molecule has 0 aliphatic carbocycles. The van der Waals surface area contributed by atoms with Gasteiger partial charge in [0.05, 0.1) is 24.5 Å². The number of carbonyl (C=O) groups excluding carboxylic acids is 2. The highest BCUT2D eigenvalue weighted by Crippen LogP contribution is 2.24. The van der Waals surface area contributed by atoms with Crippen molar-refractivity contribution in [3.05, 3.63) is 63.6 Å². The summed E-state index contributed by atoms with van der Waals surface area (Å²) >= 11 is 3.36. The maximum absolute atomic E-state index is 12.2. The van der Waals surface area contributed by atoms with E-state index in [1.165, 1.54) is 6.21 Å². The van der Waals surface area contributed by atoms with Crippen molar-refractivity contribution < 1.29 is 14.3 Å². The van der Waals surface area contributed by atoms with E-state index in [0.29, 0.717) is 22.4 Å². The molecule has 0 radical (unpaired) electrons. The minimum atomic E-state index is -0.425. The van der Waals surface area contributed by atoms with E-state index in [-0.39, 0.29) is 0 Å². The summed E-state index contributed by atoms with van der Waals surface area (Å²) in [7, 11) is 1.54. The normalized spacial score (nSPS) is 13.8. The lowest BCUT2D eigenvalue weighted by atomic mass is 10.1. The summed E-state index contributed by atoms with van der Waals surface area (Å²) in [6, 6.07) is 12.1. The highest BCUT2D eigenvalue weighted by atomic mass is 79.9. The van der Waals surface area contributed by atoms with Crippen LogP contribution >= 0.6 is 15.9 Å². The maximum Gasteiger partial charge on any atom is 0.282 e. The highest BCUT2D eigenvalue weighted by Gasteiger charge is 2.35. The van der Waals surface area contributed by atoms with Crippen LogP contribution in [0.4, 0.5) is 0 Å². The third kappa shape index (κ3) is 2.42. The molecule has 1 heterocycles. The summed E-state index contributed by atoms with van der Waals surface area (Å²) in [4.78, 5) is 24.4. The first-order valence-corrected chi connectivity index (χ1v) is 7.26. The Hall–Kier alpha value is -2.47. The second-order valence-electron chi connectivity index (χ2n) is 4.60. The summed E-state index contributed by atoms with van der Waals surface area (Å²) in [6.45, 7) is 0. The van der Waals surface area contributed by atoms with Crippen LogP contribution in [0.2, 0.25) is 0 Å². The van der Waals surface area contributed by atoms with Gasteiger partial charge in [0, 0.05) is 10.0 Å². The standard InChI is InChI=1S/C16H11BrN2O3/c1-22-14-7-6-11(17)8-10(14)9-18-19-15(20)12-4-2-3-5-13(12)16(19)21/h2-9H,1H3/b18-9+. The van der Waals surface area contributed by atoms with Crippen molar-refractivity contribution in [2.45, 2.75) is 0 Å². The number of halogens is 1. The van der Waals surface area contributed by atoms with Gasteiger partial charge in [-0.2, -0.15) is 10.1 Å². The molecule has 1 aliphatic rings. The highest BCUT2D eigenvalue weighted by molar-refractivity contribution is 9.10. The van der Waals surface area contributed by atoms with Crippen LogP contribution in [0.5, 0.6) is 5.75 Å². The molecule has 0 bridgehead atoms. The van der Waals surface area contributed by atoms with Crippen molar-refractivity contribution in [3.63, 3.8) is 0 Å². The van der Waals surface area contributed by atoms with Crippen molar-refractivity contribution >= 4 is 34.0 Å². The van der Waals surface area contributed by atoms with Gasteiger partial charge < -0.3 is 4.74 Å². The van der Waals surface area contributed by atoms with Gasteiger partial charge in [0.2, 0.25) is 0 Å². The lowest BCUT2D eigenvalue weighted by molar-refractivity contribution is 0.0660. The Labute approximate surface area is 135 Å². The number of nitrogens with zero attached hydrogens (tertiary/aromatic N) is 2. The fourth-order valence-electron chi connectivity index (χ4n) is 2.21. The number of fused-ring (bicyclic) bond motifs is 1. The van der Waals surface area contributed by atoms with Crippen LogP contribution in [0.25, 0.3) is 0 Å². The first kappa shape index (κ1) is 14.5. The third-order valence-electron chi connectivity index (χ3n) is 3.28. The number of hydrazone groups is 1. The molecule has 0 N–H and O–H groups in total. The molecule has 5 nitrogen and oxygen atoms in total. The molecule has 22 heavy (non-hydrogen) atoms. The van der Waals surface area contributed by atoms with Gasteiger partial charge in [0.25, 0.3) is 11.8 Å². The van der Waals surface area contributed by atoms with E-state index in [1.807, 2.05) is 6.07 Å². The molecule has 0 fully saturated rings. The number of hydrogen-bond donors (Lipinski definition) is 0. The number of imide groups is 1. The zero-order valence-electron chi connectivity index (χ0n) is 11.6. The predicted octanol–water partition coefficient (Wildman–Crippen LogP) is 3.09. The summed E-state index contributed by atoms with van der Waals surface area (Å²) in [5.41, 5.74) is 1.39. The topological polar surface area (TPSA) is 59.0 Å². The van der Waals surface area contributed by atoms with Crippen molar-refractivity contribution in [1.82, 2.24) is 5.01 Å². The first-order valence-electron chi connectivity index (χ1n) is 6.47. The fourth-order valence-corrected chi connectivity index (χ4v) is 2.59. The average Bonchev–Trinajstić information content (AvgIpc) is 2.77. The molecule has 0 saturated carbocycles. The van der Waals surface area contributed by atoms with Gasteiger partial charge in [-0.1, -0.05) is 28.1 Å². The number of rotatable bonds is 3. The van der Waals surface area contributed by atoms with Crippen molar-refractivity contribution in [2.24, 2.45) is 5.10 Å². The Balaban J connectivity index is 1.93. The van der Waals surface area contributed by atoms with Crippen LogP contribution in [0.3, 0.4) is 0 Å². The zero-order chi connectivity index (χ0) is 15.7. The number of ether oxygens (including phenoxy) is 1. The zero-order valence-corrected chi connectivity index (χ0v) is 13.2. The van der Waals surface area contributed by atoms with Gasteiger partial charge in [0.15, 0.2) is 0 Å². The molecule has 110 valence electrons. The number of benzene rings is 2. The van der Waals surface area contributed by atoms with Crippen LogP contribution in [-0.4, -0.2) is 30.1 Å². The molecule has 0 aromatic heterocycles. The molecule has 0 atom stereocenters. The Kier molecular flexibility index (Phi) is 3.77. The molecular formula is C16H11BrN2O3.